The van der Waals surface area contributed by atoms with Gasteiger partial charge >= 0.3 is 0 Å². The van der Waals surface area contributed by atoms with Gasteiger partial charge in [-0.15, -0.1) is 11.3 Å². The smallest absolute Gasteiger partial charge is 0.284 e. The highest BCUT2D eigenvalue weighted by Gasteiger charge is 2.21. The lowest BCUT2D eigenvalue weighted by molar-refractivity contribution is 0.0977. The number of nitrogens with one attached hydrogen (secondary N) is 1. The zero-order valence-corrected chi connectivity index (χ0v) is 17.3. The molecule has 0 saturated heterocycles. The second-order valence-electron chi connectivity index (χ2n) is 6.43. The van der Waals surface area contributed by atoms with Crippen LogP contribution in [0.15, 0.2) is 60.7 Å². The Morgan fingerprint density at radius 2 is 1.50 bits per heavy atom. The first-order valence-electron chi connectivity index (χ1n) is 8.64. The molecule has 1 heterocycles. The van der Waals surface area contributed by atoms with Crippen molar-refractivity contribution in [3.05, 3.63) is 82.4 Å². The molecule has 146 valence electrons. The first-order valence-corrected chi connectivity index (χ1v) is 11.3. The molecule has 6 nitrogen and oxygen atoms in total. The molecule has 0 atom stereocenters. The van der Waals surface area contributed by atoms with Crippen LogP contribution in [-0.4, -0.2) is 25.6 Å². The second kappa shape index (κ2) is 8.53. The predicted molar refractivity (Wildman–Crippen MR) is 112 cm³/mol. The lowest BCUT2D eigenvalue weighted by atomic mass is 10.2. The summed E-state index contributed by atoms with van der Waals surface area (Å²) in [6.07, 6.45) is 0.949. The molecule has 0 spiro atoms. The molecule has 3 rings (SSSR count). The van der Waals surface area contributed by atoms with Crippen molar-refractivity contribution < 1.29 is 13.2 Å². The largest absolute Gasteiger partial charge is 0.339 e. The SMILES string of the molecule is Cc1sc(N(Cc2ccccc2)Cc2ccccc2)nc1C(=O)NS(C)(=O)=O. The molecule has 3 aromatic rings. The topological polar surface area (TPSA) is 79.4 Å². The number of carbonyl (C=O) groups is 1. The molecule has 2 aromatic carbocycles. The second-order valence-corrected chi connectivity index (χ2v) is 9.36. The Morgan fingerprint density at radius 1 is 1.00 bits per heavy atom. The molecule has 1 amide bonds. The number of hydrogen-bond donors (Lipinski definition) is 1. The van der Waals surface area contributed by atoms with Gasteiger partial charge in [-0.1, -0.05) is 60.7 Å². The predicted octanol–water partition coefficient (Wildman–Crippen LogP) is 3.35. The van der Waals surface area contributed by atoms with Gasteiger partial charge in [-0.25, -0.2) is 18.1 Å². The Hall–Kier alpha value is -2.71. The minimum Gasteiger partial charge on any atom is -0.339 e. The molecule has 0 aliphatic rings. The van der Waals surface area contributed by atoms with Crippen molar-refractivity contribution in [2.75, 3.05) is 11.2 Å². The number of rotatable bonds is 7. The first kappa shape index (κ1) is 20.0. The van der Waals surface area contributed by atoms with Crippen molar-refractivity contribution in [1.29, 1.82) is 0 Å². The fraction of sp³-hybridized carbons (Fsp3) is 0.200. The summed E-state index contributed by atoms with van der Waals surface area (Å²) in [7, 11) is -3.64. The number of carbonyl (C=O) groups excluding carboxylic acids is 1. The molecule has 8 heteroatoms. The van der Waals surface area contributed by atoms with Gasteiger partial charge in [-0.05, 0) is 18.1 Å². The highest BCUT2D eigenvalue weighted by Crippen LogP contribution is 2.28. The quantitative estimate of drug-likeness (QED) is 0.640. The molecule has 0 unspecified atom stereocenters. The number of thiazole rings is 1. The van der Waals surface area contributed by atoms with Crippen LogP contribution in [0, 0.1) is 6.92 Å². The van der Waals surface area contributed by atoms with Gasteiger partial charge in [-0.3, -0.25) is 4.79 Å². The lowest BCUT2D eigenvalue weighted by Gasteiger charge is -2.22. The third kappa shape index (κ3) is 5.40. The van der Waals surface area contributed by atoms with Crippen molar-refractivity contribution in [2.24, 2.45) is 0 Å². The van der Waals surface area contributed by atoms with E-state index in [1.165, 1.54) is 11.3 Å². The standard InChI is InChI=1S/C20H21N3O3S2/c1-15-18(19(24)22-28(2,25)26)21-20(27-15)23(13-16-9-5-3-6-10-16)14-17-11-7-4-8-12-17/h3-12H,13-14H2,1-2H3,(H,22,24). The summed E-state index contributed by atoms with van der Waals surface area (Å²) in [5.74, 6) is -0.707. The fourth-order valence-corrected chi connectivity index (χ4v) is 4.08. The summed E-state index contributed by atoms with van der Waals surface area (Å²) in [6, 6.07) is 20.0. The molecular weight excluding hydrogens is 394 g/mol. The molecule has 0 fully saturated rings. The zero-order valence-electron chi connectivity index (χ0n) is 15.6. The summed E-state index contributed by atoms with van der Waals surface area (Å²) in [6.45, 7) is 3.01. The summed E-state index contributed by atoms with van der Waals surface area (Å²) in [4.78, 5) is 19.5. The molecule has 0 aliphatic carbocycles. The summed E-state index contributed by atoms with van der Waals surface area (Å²) in [5, 5.41) is 0.670. The van der Waals surface area contributed by atoms with Gasteiger partial charge < -0.3 is 4.90 Å². The average molecular weight is 416 g/mol. The van der Waals surface area contributed by atoms with Crippen LogP contribution in [0.25, 0.3) is 0 Å². The minimum absolute atomic E-state index is 0.136. The number of anilines is 1. The van der Waals surface area contributed by atoms with E-state index >= 15 is 0 Å². The third-order valence-corrected chi connectivity index (χ3v) is 5.57. The number of sulfonamides is 1. The van der Waals surface area contributed by atoms with Gasteiger partial charge in [0.15, 0.2) is 5.13 Å². The summed E-state index contributed by atoms with van der Waals surface area (Å²) in [5.41, 5.74) is 2.37. The normalized spacial score (nSPS) is 11.2. The number of nitrogens with zero attached hydrogens (tertiary/aromatic N) is 2. The Labute approximate surface area is 168 Å². The van der Waals surface area contributed by atoms with Gasteiger partial charge in [0.1, 0.15) is 5.69 Å². The van der Waals surface area contributed by atoms with E-state index < -0.39 is 15.9 Å². The van der Waals surface area contributed by atoms with Gasteiger partial charge in [0.2, 0.25) is 10.0 Å². The van der Waals surface area contributed by atoms with E-state index in [1.54, 1.807) is 6.92 Å². The van der Waals surface area contributed by atoms with Crippen molar-refractivity contribution in [2.45, 2.75) is 20.0 Å². The van der Waals surface area contributed by atoms with E-state index in [2.05, 4.69) is 9.88 Å². The zero-order chi connectivity index (χ0) is 20.1. The first-order chi connectivity index (χ1) is 13.3. The van der Waals surface area contributed by atoms with Crippen LogP contribution >= 0.6 is 11.3 Å². The van der Waals surface area contributed by atoms with Crippen LogP contribution in [0.2, 0.25) is 0 Å². The lowest BCUT2D eigenvalue weighted by Crippen LogP contribution is -2.30. The monoisotopic (exact) mass is 415 g/mol. The Bertz CT molecular complexity index is 1010. The van der Waals surface area contributed by atoms with Crippen molar-refractivity contribution in [3.63, 3.8) is 0 Å². The summed E-state index contributed by atoms with van der Waals surface area (Å²) < 4.78 is 24.8. The van der Waals surface area contributed by atoms with E-state index in [0.29, 0.717) is 23.1 Å². The van der Waals surface area contributed by atoms with E-state index in [4.69, 9.17) is 0 Å². The van der Waals surface area contributed by atoms with E-state index in [-0.39, 0.29) is 5.69 Å². The van der Waals surface area contributed by atoms with Crippen LogP contribution < -0.4 is 9.62 Å². The number of amides is 1. The molecule has 28 heavy (non-hydrogen) atoms. The van der Waals surface area contributed by atoms with Crippen LogP contribution in [0.5, 0.6) is 0 Å². The highest BCUT2D eigenvalue weighted by molar-refractivity contribution is 7.89. The van der Waals surface area contributed by atoms with Crippen LogP contribution in [0.1, 0.15) is 26.5 Å². The van der Waals surface area contributed by atoms with Crippen molar-refractivity contribution >= 4 is 32.4 Å². The minimum atomic E-state index is -3.64. The van der Waals surface area contributed by atoms with E-state index in [9.17, 15) is 13.2 Å². The Balaban J connectivity index is 1.91. The molecule has 0 bridgehead atoms. The summed E-state index contributed by atoms with van der Waals surface area (Å²) >= 11 is 1.37. The van der Waals surface area contributed by atoms with Crippen LogP contribution in [-0.2, 0) is 23.1 Å². The maximum absolute atomic E-state index is 12.3. The molecule has 0 radical (unpaired) electrons. The Kier molecular flexibility index (Phi) is 6.11. The van der Waals surface area contributed by atoms with Gasteiger partial charge in [0.05, 0.1) is 6.26 Å². The molecular formula is C20H21N3O3S2. The average Bonchev–Trinajstić information content (AvgIpc) is 3.03. The molecule has 0 aliphatic heterocycles. The van der Waals surface area contributed by atoms with E-state index in [1.807, 2.05) is 65.4 Å². The molecule has 1 N–H and O–H groups in total. The van der Waals surface area contributed by atoms with Crippen molar-refractivity contribution in [3.8, 4) is 0 Å². The third-order valence-electron chi connectivity index (χ3n) is 3.98. The van der Waals surface area contributed by atoms with Crippen LogP contribution in [0.4, 0.5) is 5.13 Å². The van der Waals surface area contributed by atoms with E-state index in [0.717, 1.165) is 17.4 Å². The van der Waals surface area contributed by atoms with Gasteiger partial charge in [0.25, 0.3) is 5.91 Å². The molecule has 0 saturated carbocycles. The van der Waals surface area contributed by atoms with Gasteiger partial charge in [0, 0.05) is 18.0 Å². The maximum Gasteiger partial charge on any atom is 0.284 e. The number of aryl methyl sites for hydroxylation is 1. The number of benzene rings is 2. The number of aromatic nitrogens is 1. The number of hydrogen-bond acceptors (Lipinski definition) is 6. The Morgan fingerprint density at radius 3 is 1.96 bits per heavy atom. The van der Waals surface area contributed by atoms with Crippen molar-refractivity contribution in [1.82, 2.24) is 9.71 Å². The highest BCUT2D eigenvalue weighted by atomic mass is 32.2. The fourth-order valence-electron chi connectivity index (χ4n) is 2.74. The van der Waals surface area contributed by atoms with Crippen LogP contribution in [0.3, 0.4) is 0 Å². The van der Waals surface area contributed by atoms with Gasteiger partial charge in [-0.2, -0.15) is 0 Å². The molecule has 1 aromatic heterocycles. The maximum atomic E-state index is 12.3.